The largest absolute Gasteiger partial charge is 0.477 e. The number of rotatable bonds is 5. The van der Waals surface area contributed by atoms with E-state index >= 15 is 0 Å². The highest BCUT2D eigenvalue weighted by atomic mass is 32.2. The molecule has 4 aliphatic rings. The van der Waals surface area contributed by atoms with Crippen LogP contribution < -0.4 is 5.32 Å². The summed E-state index contributed by atoms with van der Waals surface area (Å²) >= 11 is 1.45. The molecular weight excluding hydrogens is 448 g/mol. The summed E-state index contributed by atoms with van der Waals surface area (Å²) in [6.07, 6.45) is -0.248. The molecule has 0 unspecified atom stereocenters. The molecule has 0 radical (unpaired) electrons. The molecule has 0 aliphatic carbocycles. The molecule has 11 nitrogen and oxygen atoms in total. The van der Waals surface area contributed by atoms with Gasteiger partial charge in [-0.1, -0.05) is 6.92 Å². The Morgan fingerprint density at radius 2 is 2.03 bits per heavy atom. The molecule has 33 heavy (non-hydrogen) atoms. The lowest BCUT2D eigenvalue weighted by Crippen LogP contribution is -2.63. The smallest absolute Gasteiger partial charge is 0.353 e. The van der Waals surface area contributed by atoms with Crippen molar-refractivity contribution in [2.24, 2.45) is 11.8 Å². The van der Waals surface area contributed by atoms with E-state index in [1.54, 1.807) is 11.8 Å². The molecule has 12 heteroatoms. The summed E-state index contributed by atoms with van der Waals surface area (Å²) in [4.78, 5) is 41.4. The van der Waals surface area contributed by atoms with Crippen molar-refractivity contribution in [3.05, 3.63) is 22.3 Å². The van der Waals surface area contributed by atoms with E-state index in [-0.39, 0.29) is 40.8 Å². The van der Waals surface area contributed by atoms with Crippen molar-refractivity contribution in [3.63, 3.8) is 0 Å². The van der Waals surface area contributed by atoms with Crippen LogP contribution >= 0.6 is 11.8 Å². The standard InChI is InChI=1S/C21H28N6O5S/c1-9-16-15(10(2)28)20(30)27(16)17(21(31)32)18(9)33-12-6-13(22-7-12)19(29)25-4-5-26-11(3)23-24-14(26)8-25/h9-10,12-13,15-16,22,28H,4-8H2,1-3H3,(H,31,32)/t9-,10-,12+,13+,15-,16-/m1/s1. The molecule has 6 atom stereocenters. The molecule has 0 bridgehead atoms. The number of aryl methyl sites for hydroxylation is 1. The molecular formula is C21H28N6O5S. The minimum atomic E-state index is -1.13. The Kier molecular flexibility index (Phi) is 5.49. The molecule has 2 fully saturated rings. The van der Waals surface area contributed by atoms with Gasteiger partial charge in [0.2, 0.25) is 11.8 Å². The highest BCUT2D eigenvalue weighted by Gasteiger charge is 2.60. The third-order valence-corrected chi connectivity index (χ3v) is 8.75. The van der Waals surface area contributed by atoms with Crippen molar-refractivity contribution in [1.29, 1.82) is 0 Å². The van der Waals surface area contributed by atoms with E-state index in [0.29, 0.717) is 37.5 Å². The van der Waals surface area contributed by atoms with E-state index in [0.717, 1.165) is 11.6 Å². The minimum Gasteiger partial charge on any atom is -0.477 e. The second-order valence-corrected chi connectivity index (χ2v) is 10.6. The maximum absolute atomic E-state index is 13.1. The average molecular weight is 477 g/mol. The molecule has 2 saturated heterocycles. The van der Waals surface area contributed by atoms with Crippen LogP contribution in [0.5, 0.6) is 0 Å². The number of amides is 2. The fourth-order valence-corrected chi connectivity index (χ4v) is 7.03. The molecule has 0 spiro atoms. The molecule has 0 saturated carbocycles. The zero-order valence-corrected chi connectivity index (χ0v) is 19.6. The lowest BCUT2D eigenvalue weighted by atomic mass is 9.79. The SMILES string of the molecule is Cc1nnc2n1CCN(C(=O)[C@@H]1C[C@H](SC3=C(C(=O)O)N4C(=O)[C@H]([C@@H](C)O)[C@H]4[C@H]3C)CN1)C2. The number of nitrogens with one attached hydrogen (secondary N) is 1. The lowest BCUT2D eigenvalue weighted by Gasteiger charge is -2.46. The molecule has 2 amide bonds. The number of hydrogen-bond acceptors (Lipinski definition) is 8. The first-order chi connectivity index (χ1) is 15.7. The van der Waals surface area contributed by atoms with E-state index in [1.165, 1.54) is 16.7 Å². The van der Waals surface area contributed by atoms with Gasteiger partial charge in [0.05, 0.1) is 30.7 Å². The number of aliphatic hydroxyl groups excluding tert-OH is 1. The van der Waals surface area contributed by atoms with E-state index in [4.69, 9.17) is 0 Å². The molecule has 3 N–H and O–H groups in total. The quantitative estimate of drug-likeness (QED) is 0.482. The van der Waals surface area contributed by atoms with E-state index in [2.05, 4.69) is 15.5 Å². The Labute approximate surface area is 195 Å². The van der Waals surface area contributed by atoms with Crippen molar-refractivity contribution >= 4 is 29.5 Å². The number of carboxylic acid groups (broad SMARTS) is 1. The Morgan fingerprint density at radius 1 is 1.27 bits per heavy atom. The number of fused-ring (bicyclic) bond motifs is 2. The number of carboxylic acids is 1. The van der Waals surface area contributed by atoms with Gasteiger partial charge in [0.1, 0.15) is 11.5 Å². The number of aromatic nitrogens is 3. The van der Waals surface area contributed by atoms with Crippen LogP contribution in [0.15, 0.2) is 10.6 Å². The van der Waals surface area contributed by atoms with Gasteiger partial charge >= 0.3 is 5.97 Å². The zero-order chi connectivity index (χ0) is 23.6. The van der Waals surface area contributed by atoms with Crippen LogP contribution in [0, 0.1) is 18.8 Å². The maximum atomic E-state index is 13.1. The van der Waals surface area contributed by atoms with E-state index in [9.17, 15) is 24.6 Å². The summed E-state index contributed by atoms with van der Waals surface area (Å²) in [6, 6.07) is -0.667. The molecule has 4 aliphatic heterocycles. The first-order valence-electron chi connectivity index (χ1n) is 11.2. The first-order valence-corrected chi connectivity index (χ1v) is 12.1. The summed E-state index contributed by atoms with van der Waals surface area (Å²) in [7, 11) is 0. The number of β-lactam (4-membered cyclic amide) rings is 1. The van der Waals surface area contributed by atoms with Crippen LogP contribution in [0.2, 0.25) is 0 Å². The number of thioether (sulfide) groups is 1. The summed E-state index contributed by atoms with van der Waals surface area (Å²) in [5, 5.41) is 31.4. The maximum Gasteiger partial charge on any atom is 0.353 e. The van der Waals surface area contributed by atoms with Crippen LogP contribution in [0.1, 0.15) is 31.9 Å². The van der Waals surface area contributed by atoms with Gasteiger partial charge in [0, 0.05) is 35.7 Å². The zero-order valence-electron chi connectivity index (χ0n) is 18.8. The summed E-state index contributed by atoms with van der Waals surface area (Å²) < 4.78 is 2.03. The van der Waals surface area contributed by atoms with Crippen molar-refractivity contribution < 1.29 is 24.6 Å². The van der Waals surface area contributed by atoms with Crippen molar-refractivity contribution in [2.75, 3.05) is 13.1 Å². The van der Waals surface area contributed by atoms with Gasteiger partial charge in [-0.05, 0) is 20.3 Å². The molecule has 1 aromatic heterocycles. The number of nitrogens with zero attached hydrogens (tertiary/aromatic N) is 5. The Balaban J connectivity index is 1.26. The van der Waals surface area contributed by atoms with Gasteiger partial charge in [-0.2, -0.15) is 0 Å². The predicted molar refractivity (Wildman–Crippen MR) is 118 cm³/mol. The van der Waals surface area contributed by atoms with Gasteiger partial charge < -0.3 is 29.9 Å². The van der Waals surface area contributed by atoms with E-state index in [1.807, 2.05) is 18.4 Å². The van der Waals surface area contributed by atoms with Gasteiger partial charge in [-0.3, -0.25) is 9.59 Å². The topological polar surface area (TPSA) is 141 Å². The number of aliphatic carboxylic acids is 1. The van der Waals surface area contributed by atoms with Crippen LogP contribution in [0.4, 0.5) is 0 Å². The predicted octanol–water partition coefficient (Wildman–Crippen LogP) is -0.454. The lowest BCUT2D eigenvalue weighted by molar-refractivity contribution is -0.163. The molecule has 5 heterocycles. The summed E-state index contributed by atoms with van der Waals surface area (Å²) in [6.45, 7) is 7.66. The van der Waals surface area contributed by atoms with Crippen LogP contribution in [-0.2, 0) is 27.5 Å². The Hall–Kier alpha value is -2.44. The van der Waals surface area contributed by atoms with Gasteiger partial charge in [-0.25, -0.2) is 4.79 Å². The van der Waals surface area contributed by atoms with Crippen LogP contribution in [-0.4, -0.2) is 89.1 Å². The Bertz CT molecular complexity index is 1050. The number of aliphatic hydroxyl groups is 1. The summed E-state index contributed by atoms with van der Waals surface area (Å²) in [5.74, 6) is -0.560. The normalized spacial score (nSPS) is 32.0. The molecule has 0 aromatic carbocycles. The minimum absolute atomic E-state index is 0.0141. The number of carbonyl (C=O) groups excluding carboxylic acids is 2. The second kappa shape index (κ2) is 8.10. The van der Waals surface area contributed by atoms with Gasteiger partial charge in [-0.15, -0.1) is 22.0 Å². The van der Waals surface area contributed by atoms with Crippen molar-refractivity contribution in [1.82, 2.24) is 29.9 Å². The summed E-state index contributed by atoms with van der Waals surface area (Å²) in [5.41, 5.74) is 0.0277. The fourth-order valence-electron chi connectivity index (χ4n) is 5.55. The monoisotopic (exact) mass is 476 g/mol. The molecule has 178 valence electrons. The van der Waals surface area contributed by atoms with Crippen LogP contribution in [0.25, 0.3) is 0 Å². The van der Waals surface area contributed by atoms with Crippen molar-refractivity contribution in [2.45, 2.75) is 63.7 Å². The van der Waals surface area contributed by atoms with E-state index < -0.39 is 18.0 Å². The number of hydrogen-bond donors (Lipinski definition) is 3. The second-order valence-electron chi connectivity index (χ2n) is 9.28. The van der Waals surface area contributed by atoms with Gasteiger partial charge in [0.15, 0.2) is 5.82 Å². The fraction of sp³-hybridized carbons (Fsp3) is 0.667. The molecule has 5 rings (SSSR count). The Morgan fingerprint density at radius 3 is 2.73 bits per heavy atom. The first kappa shape index (κ1) is 22.4. The third kappa shape index (κ3) is 3.46. The molecule has 1 aromatic rings. The van der Waals surface area contributed by atoms with Gasteiger partial charge in [0.25, 0.3) is 0 Å². The number of carbonyl (C=O) groups is 3. The van der Waals surface area contributed by atoms with Crippen LogP contribution in [0.3, 0.4) is 0 Å². The third-order valence-electron chi connectivity index (χ3n) is 7.24. The highest BCUT2D eigenvalue weighted by Crippen LogP contribution is 2.51. The average Bonchev–Trinajstić information content (AvgIpc) is 3.44. The van der Waals surface area contributed by atoms with Crippen molar-refractivity contribution in [3.8, 4) is 0 Å². The highest BCUT2D eigenvalue weighted by molar-refractivity contribution is 8.03.